The van der Waals surface area contributed by atoms with E-state index in [1.165, 1.54) is 0 Å². The molecule has 23 heavy (non-hydrogen) atoms. The number of nitrogens with zero attached hydrogens (tertiary/aromatic N) is 2. The first kappa shape index (κ1) is 24.5. The molecule has 0 aliphatic rings. The van der Waals surface area contributed by atoms with E-state index in [4.69, 9.17) is 9.47 Å². The molecular weight excluding hydrogens is 411 g/mol. The Morgan fingerprint density at radius 3 is 2.39 bits per heavy atom. The second-order valence-corrected chi connectivity index (χ2v) is 6.34. The summed E-state index contributed by atoms with van der Waals surface area (Å²) in [7, 11) is 5.13. The fourth-order valence-corrected chi connectivity index (χ4v) is 1.71. The minimum atomic E-state index is -0.472. The second-order valence-electron chi connectivity index (χ2n) is 6.34. The molecule has 0 saturated heterocycles. The van der Waals surface area contributed by atoms with Crippen LogP contribution >= 0.6 is 24.0 Å². The molecule has 1 amide bonds. The first-order valence-electron chi connectivity index (χ1n) is 7.57. The fourth-order valence-electron chi connectivity index (χ4n) is 1.71. The van der Waals surface area contributed by atoms with Gasteiger partial charge >= 0.3 is 6.09 Å². The van der Waals surface area contributed by atoms with E-state index < -0.39 is 5.60 Å². The molecule has 0 aliphatic carbocycles. The van der Waals surface area contributed by atoms with Gasteiger partial charge in [0.05, 0.1) is 6.61 Å². The Morgan fingerprint density at radius 2 is 1.91 bits per heavy atom. The summed E-state index contributed by atoms with van der Waals surface area (Å²) in [4.78, 5) is 17.6. The summed E-state index contributed by atoms with van der Waals surface area (Å²) in [5, 5.41) is 6.37. The fraction of sp³-hybridized carbons (Fsp3) is 0.867. The van der Waals surface area contributed by atoms with Crippen LogP contribution < -0.4 is 10.6 Å². The van der Waals surface area contributed by atoms with Crippen molar-refractivity contribution in [2.75, 3.05) is 47.4 Å². The van der Waals surface area contributed by atoms with Crippen LogP contribution in [0.4, 0.5) is 4.79 Å². The highest BCUT2D eigenvalue weighted by molar-refractivity contribution is 14.0. The van der Waals surface area contributed by atoms with Gasteiger partial charge < -0.3 is 25.0 Å². The molecule has 2 N–H and O–H groups in total. The quantitative estimate of drug-likeness (QED) is 0.272. The first-order chi connectivity index (χ1) is 10.2. The average Bonchev–Trinajstić information content (AvgIpc) is 2.40. The summed E-state index contributed by atoms with van der Waals surface area (Å²) in [6.07, 6.45) is -0.304. The summed E-state index contributed by atoms with van der Waals surface area (Å²) in [6, 6.07) is 0. The van der Waals surface area contributed by atoms with Crippen LogP contribution in [0.15, 0.2) is 4.99 Å². The Bertz CT molecular complexity index is 359. The van der Waals surface area contributed by atoms with Crippen LogP contribution in [0.2, 0.25) is 0 Å². The number of halogens is 1. The zero-order valence-electron chi connectivity index (χ0n) is 15.4. The molecule has 0 radical (unpaired) electrons. The lowest BCUT2D eigenvalue weighted by atomic mass is 10.1. The van der Waals surface area contributed by atoms with E-state index in [0.717, 1.165) is 5.96 Å². The monoisotopic (exact) mass is 444 g/mol. The highest BCUT2D eigenvalue weighted by atomic mass is 127. The molecule has 0 aromatic rings. The van der Waals surface area contributed by atoms with E-state index >= 15 is 0 Å². The lowest BCUT2D eigenvalue weighted by Gasteiger charge is -2.26. The van der Waals surface area contributed by atoms with Crippen molar-refractivity contribution in [3.8, 4) is 0 Å². The maximum absolute atomic E-state index is 11.9. The molecule has 0 aliphatic heterocycles. The SMILES string of the molecule is CN=C(NCCOC)NCC(C)CN(C)C(=O)OC(C)(C)C.I. The summed E-state index contributed by atoms with van der Waals surface area (Å²) in [6.45, 7) is 10.3. The van der Waals surface area contributed by atoms with Gasteiger partial charge in [0, 0.05) is 40.8 Å². The Kier molecular flexibility index (Phi) is 13.4. The Labute approximate surface area is 157 Å². The van der Waals surface area contributed by atoms with Crippen molar-refractivity contribution in [1.82, 2.24) is 15.5 Å². The van der Waals surface area contributed by atoms with Crippen LogP contribution in [0, 0.1) is 5.92 Å². The zero-order chi connectivity index (χ0) is 17.2. The third kappa shape index (κ3) is 13.4. The van der Waals surface area contributed by atoms with Gasteiger partial charge in [-0.3, -0.25) is 4.99 Å². The predicted molar refractivity (Wildman–Crippen MR) is 105 cm³/mol. The predicted octanol–water partition coefficient (Wildman–Crippen LogP) is 1.92. The molecule has 0 fully saturated rings. The number of nitrogens with one attached hydrogen (secondary N) is 2. The molecule has 0 aromatic carbocycles. The number of amides is 1. The lowest BCUT2D eigenvalue weighted by Crippen LogP contribution is -2.43. The third-order valence-electron chi connectivity index (χ3n) is 2.73. The van der Waals surface area contributed by atoms with Gasteiger partial charge in [-0.2, -0.15) is 0 Å². The van der Waals surface area contributed by atoms with Crippen LogP contribution in [0.1, 0.15) is 27.7 Å². The molecule has 1 unspecified atom stereocenters. The summed E-state index contributed by atoms with van der Waals surface area (Å²) >= 11 is 0. The third-order valence-corrected chi connectivity index (χ3v) is 2.73. The molecule has 0 saturated carbocycles. The minimum absolute atomic E-state index is 0. The van der Waals surface area contributed by atoms with Crippen LogP contribution in [0.5, 0.6) is 0 Å². The Balaban J connectivity index is 0. The molecule has 0 rings (SSSR count). The van der Waals surface area contributed by atoms with Crippen molar-refractivity contribution in [2.45, 2.75) is 33.3 Å². The number of rotatable bonds is 7. The summed E-state index contributed by atoms with van der Waals surface area (Å²) < 4.78 is 10.3. The van der Waals surface area contributed by atoms with Crippen LogP contribution in [0.25, 0.3) is 0 Å². The van der Waals surface area contributed by atoms with Crippen molar-refractivity contribution in [3.63, 3.8) is 0 Å². The van der Waals surface area contributed by atoms with Gasteiger partial charge in [0.25, 0.3) is 0 Å². The summed E-state index contributed by atoms with van der Waals surface area (Å²) in [5.41, 5.74) is -0.472. The van der Waals surface area contributed by atoms with E-state index in [1.54, 1.807) is 26.1 Å². The van der Waals surface area contributed by atoms with Crippen molar-refractivity contribution in [3.05, 3.63) is 0 Å². The van der Waals surface area contributed by atoms with Gasteiger partial charge in [0.15, 0.2) is 5.96 Å². The van der Waals surface area contributed by atoms with E-state index in [-0.39, 0.29) is 36.0 Å². The smallest absolute Gasteiger partial charge is 0.410 e. The molecule has 0 spiro atoms. The number of methoxy groups -OCH3 is 1. The highest BCUT2D eigenvalue weighted by Gasteiger charge is 2.20. The summed E-state index contributed by atoms with van der Waals surface area (Å²) in [5.74, 6) is 0.988. The van der Waals surface area contributed by atoms with Crippen LogP contribution in [-0.4, -0.2) is 70.0 Å². The minimum Gasteiger partial charge on any atom is -0.444 e. The molecule has 8 heteroatoms. The normalized spacial score (nSPS) is 12.9. The van der Waals surface area contributed by atoms with Crippen molar-refractivity contribution in [1.29, 1.82) is 0 Å². The molecule has 1 atom stereocenters. The van der Waals surface area contributed by atoms with Gasteiger partial charge in [0.2, 0.25) is 0 Å². The lowest BCUT2D eigenvalue weighted by molar-refractivity contribution is 0.0278. The van der Waals surface area contributed by atoms with E-state index in [0.29, 0.717) is 26.2 Å². The number of guanidine groups is 1. The largest absolute Gasteiger partial charge is 0.444 e. The standard InChI is InChI=1S/C15H32N4O3.HI/c1-12(10-18-13(16-5)17-8-9-21-7)11-19(6)14(20)22-15(2,3)4;/h12H,8-11H2,1-7H3,(H2,16,17,18);1H. The maximum atomic E-state index is 11.9. The molecule has 7 nitrogen and oxygen atoms in total. The Hall–Kier alpha value is -0.770. The van der Waals surface area contributed by atoms with Gasteiger partial charge in [-0.25, -0.2) is 4.79 Å². The van der Waals surface area contributed by atoms with Gasteiger partial charge in [0.1, 0.15) is 5.60 Å². The molecule has 138 valence electrons. The van der Waals surface area contributed by atoms with E-state index in [1.807, 2.05) is 20.8 Å². The number of ether oxygens (including phenoxy) is 2. The maximum Gasteiger partial charge on any atom is 0.410 e. The zero-order valence-corrected chi connectivity index (χ0v) is 17.8. The number of hydrogen-bond donors (Lipinski definition) is 2. The molecule has 0 bridgehead atoms. The molecular formula is C15H33IN4O3. The van der Waals surface area contributed by atoms with Crippen molar-refractivity contribution >= 4 is 36.0 Å². The van der Waals surface area contributed by atoms with Gasteiger partial charge in [-0.1, -0.05) is 6.92 Å². The topological polar surface area (TPSA) is 75.2 Å². The molecule has 0 heterocycles. The van der Waals surface area contributed by atoms with Crippen molar-refractivity contribution < 1.29 is 14.3 Å². The van der Waals surface area contributed by atoms with Crippen LogP contribution in [-0.2, 0) is 9.47 Å². The Morgan fingerprint density at radius 1 is 1.30 bits per heavy atom. The molecule has 0 aromatic heterocycles. The van der Waals surface area contributed by atoms with Crippen LogP contribution in [0.3, 0.4) is 0 Å². The highest BCUT2D eigenvalue weighted by Crippen LogP contribution is 2.10. The van der Waals surface area contributed by atoms with Gasteiger partial charge in [-0.05, 0) is 26.7 Å². The number of carbonyl (C=O) groups is 1. The van der Waals surface area contributed by atoms with E-state index in [9.17, 15) is 4.79 Å². The first-order valence-corrected chi connectivity index (χ1v) is 7.57. The van der Waals surface area contributed by atoms with Gasteiger partial charge in [-0.15, -0.1) is 24.0 Å². The second kappa shape index (κ2) is 12.6. The number of hydrogen-bond acceptors (Lipinski definition) is 4. The van der Waals surface area contributed by atoms with Crippen molar-refractivity contribution in [2.24, 2.45) is 10.9 Å². The number of aliphatic imine (C=N–C) groups is 1. The average molecular weight is 444 g/mol. The number of carbonyl (C=O) groups excluding carboxylic acids is 1. The van der Waals surface area contributed by atoms with E-state index in [2.05, 4.69) is 22.5 Å².